The van der Waals surface area contributed by atoms with Gasteiger partial charge in [0.25, 0.3) is 5.88 Å². The van der Waals surface area contributed by atoms with Gasteiger partial charge in [0.05, 0.1) is 23.2 Å². The van der Waals surface area contributed by atoms with Crippen molar-refractivity contribution < 1.29 is 32.8 Å². The van der Waals surface area contributed by atoms with Gasteiger partial charge in [-0.05, 0) is 47.9 Å². The number of halogens is 1. The minimum Gasteiger partial charge on any atom is -0.473 e. The summed E-state index contributed by atoms with van der Waals surface area (Å²) in [6, 6.07) is -0.0450. The second-order valence-corrected chi connectivity index (χ2v) is 10.5. The molecule has 3 N–H and O–H groups in total. The number of ether oxygens (including phenoxy) is 1. The van der Waals surface area contributed by atoms with Gasteiger partial charge < -0.3 is 19.5 Å². The van der Waals surface area contributed by atoms with Crippen molar-refractivity contribution >= 4 is 40.4 Å². The molecule has 1 spiro atoms. The van der Waals surface area contributed by atoms with Crippen molar-refractivity contribution in [3.8, 4) is 5.88 Å². The standard InChI is InChI=1S/C24H26FN5O6/c1-10-5-11(2)19-24(21(32)27-23(34)28-22(24)33)7-12-6-14-18(16(25)17(12)30(19)8-10)36-29-20(14)35-9-13-3-4-15(31)26-13/h6,10-11,13,19H,3-5,7-9H2,1-2H3,(H,26,31)(H2,27,28,32,33,34)/t10-,11+,13-,19+/m0/s1. The highest BCUT2D eigenvalue weighted by Crippen LogP contribution is 2.51. The molecule has 4 aliphatic rings. The van der Waals surface area contributed by atoms with Crippen molar-refractivity contribution in [1.82, 2.24) is 21.1 Å². The zero-order valence-electron chi connectivity index (χ0n) is 19.9. The summed E-state index contributed by atoms with van der Waals surface area (Å²) in [4.78, 5) is 51.8. The van der Waals surface area contributed by atoms with Crippen LogP contribution in [0.3, 0.4) is 0 Å². The molecule has 3 saturated heterocycles. The molecule has 6 rings (SSSR count). The first-order chi connectivity index (χ1) is 17.2. The summed E-state index contributed by atoms with van der Waals surface area (Å²) in [5, 5.41) is 11.5. The lowest BCUT2D eigenvalue weighted by molar-refractivity contribution is -0.148. The number of barbiturate groups is 1. The third-order valence-electron chi connectivity index (χ3n) is 7.91. The van der Waals surface area contributed by atoms with E-state index in [1.807, 2.05) is 13.8 Å². The number of anilines is 1. The fourth-order valence-corrected chi connectivity index (χ4v) is 6.57. The Labute approximate surface area is 205 Å². The van der Waals surface area contributed by atoms with Crippen LogP contribution in [0.4, 0.5) is 14.9 Å². The monoisotopic (exact) mass is 499 g/mol. The Morgan fingerprint density at radius 2 is 1.97 bits per heavy atom. The summed E-state index contributed by atoms with van der Waals surface area (Å²) >= 11 is 0. The lowest BCUT2D eigenvalue weighted by atomic mass is 9.62. The molecule has 3 fully saturated rings. The molecule has 36 heavy (non-hydrogen) atoms. The largest absolute Gasteiger partial charge is 0.473 e. The van der Waals surface area contributed by atoms with Crippen LogP contribution in [-0.4, -0.2) is 54.1 Å². The summed E-state index contributed by atoms with van der Waals surface area (Å²) < 4.78 is 27.2. The van der Waals surface area contributed by atoms with Gasteiger partial charge in [0.2, 0.25) is 23.3 Å². The Morgan fingerprint density at radius 3 is 2.67 bits per heavy atom. The summed E-state index contributed by atoms with van der Waals surface area (Å²) in [7, 11) is 0. The molecule has 0 bridgehead atoms. The van der Waals surface area contributed by atoms with E-state index in [1.54, 1.807) is 11.0 Å². The van der Waals surface area contributed by atoms with E-state index in [9.17, 15) is 19.2 Å². The lowest BCUT2D eigenvalue weighted by Gasteiger charge is -2.55. The first kappa shape index (κ1) is 22.7. The molecule has 1 aromatic heterocycles. The molecule has 0 saturated carbocycles. The van der Waals surface area contributed by atoms with E-state index in [2.05, 4.69) is 21.1 Å². The molecule has 2 aromatic rings. The number of nitrogens with zero attached hydrogens (tertiary/aromatic N) is 2. The van der Waals surface area contributed by atoms with Crippen LogP contribution in [0.5, 0.6) is 5.88 Å². The number of rotatable bonds is 3. The summed E-state index contributed by atoms with van der Waals surface area (Å²) in [6.07, 6.45) is 1.69. The number of aromatic nitrogens is 1. The van der Waals surface area contributed by atoms with Crippen LogP contribution in [0.2, 0.25) is 0 Å². The van der Waals surface area contributed by atoms with E-state index in [0.717, 1.165) is 6.42 Å². The first-order valence-electron chi connectivity index (χ1n) is 12.2. The van der Waals surface area contributed by atoms with Gasteiger partial charge in [0.1, 0.15) is 6.61 Å². The van der Waals surface area contributed by atoms with Crippen molar-refractivity contribution in [3.63, 3.8) is 0 Å². The number of urea groups is 1. The van der Waals surface area contributed by atoms with E-state index in [1.165, 1.54) is 0 Å². The highest BCUT2D eigenvalue weighted by Gasteiger charge is 2.62. The van der Waals surface area contributed by atoms with Crippen LogP contribution in [0.15, 0.2) is 10.6 Å². The van der Waals surface area contributed by atoms with Gasteiger partial charge in [-0.25, -0.2) is 9.18 Å². The highest BCUT2D eigenvalue weighted by atomic mass is 19.1. The third-order valence-corrected chi connectivity index (χ3v) is 7.91. The predicted octanol–water partition coefficient (Wildman–Crippen LogP) is 1.38. The Kier molecular flexibility index (Phi) is 4.99. The van der Waals surface area contributed by atoms with Gasteiger partial charge in [0, 0.05) is 13.0 Å². The van der Waals surface area contributed by atoms with Crippen LogP contribution < -0.4 is 25.6 Å². The SMILES string of the molecule is C[C@H]1C[C@@H](C)[C@H]2N(C1)c1c(cc3c(OC[C@@H]4CCC(=O)N4)noc3c1F)CC21C(=O)NC(=O)NC1=O. The van der Waals surface area contributed by atoms with E-state index in [4.69, 9.17) is 9.26 Å². The minimum atomic E-state index is -1.60. The van der Waals surface area contributed by atoms with Crippen molar-refractivity contribution in [2.24, 2.45) is 17.3 Å². The molecular weight excluding hydrogens is 473 g/mol. The molecule has 1 aromatic carbocycles. The van der Waals surface area contributed by atoms with Gasteiger partial charge in [0.15, 0.2) is 11.2 Å². The van der Waals surface area contributed by atoms with Gasteiger partial charge in [-0.2, -0.15) is 0 Å². The van der Waals surface area contributed by atoms with Gasteiger partial charge in [-0.15, -0.1) is 0 Å². The molecule has 5 amide bonds. The van der Waals surface area contributed by atoms with Gasteiger partial charge in [-0.3, -0.25) is 25.0 Å². The molecule has 5 heterocycles. The normalized spacial score (nSPS) is 29.0. The van der Waals surface area contributed by atoms with Gasteiger partial charge >= 0.3 is 6.03 Å². The molecule has 4 aliphatic heterocycles. The van der Waals surface area contributed by atoms with Crippen LogP contribution in [0, 0.1) is 23.1 Å². The van der Waals surface area contributed by atoms with Crippen LogP contribution >= 0.6 is 0 Å². The van der Waals surface area contributed by atoms with Gasteiger partial charge in [-0.1, -0.05) is 13.8 Å². The Balaban J connectivity index is 1.46. The maximum absolute atomic E-state index is 16.1. The molecule has 190 valence electrons. The van der Waals surface area contributed by atoms with Crippen molar-refractivity contribution in [3.05, 3.63) is 17.4 Å². The van der Waals surface area contributed by atoms with Crippen molar-refractivity contribution in [2.45, 2.75) is 51.6 Å². The van der Waals surface area contributed by atoms with Crippen molar-refractivity contribution in [2.75, 3.05) is 18.1 Å². The van der Waals surface area contributed by atoms with E-state index in [0.29, 0.717) is 24.9 Å². The summed E-state index contributed by atoms with van der Waals surface area (Å²) in [6.45, 7) is 4.55. The average molecular weight is 499 g/mol. The Bertz CT molecular complexity index is 1300. The van der Waals surface area contributed by atoms with E-state index >= 15 is 4.39 Å². The summed E-state index contributed by atoms with van der Waals surface area (Å²) in [5.74, 6) is -1.93. The number of hydrogen-bond acceptors (Lipinski definition) is 8. The number of imide groups is 2. The van der Waals surface area contributed by atoms with Crippen LogP contribution in [0.1, 0.15) is 38.7 Å². The second kappa shape index (κ2) is 7.90. The number of amides is 5. The minimum absolute atomic E-state index is 0.0546. The fourth-order valence-electron chi connectivity index (χ4n) is 6.57. The van der Waals surface area contributed by atoms with Crippen LogP contribution in [0.25, 0.3) is 11.0 Å². The predicted molar refractivity (Wildman–Crippen MR) is 123 cm³/mol. The molecule has 0 unspecified atom stereocenters. The zero-order chi connectivity index (χ0) is 25.4. The molecule has 4 atom stereocenters. The van der Waals surface area contributed by atoms with E-state index in [-0.39, 0.29) is 59.3 Å². The quantitative estimate of drug-likeness (QED) is 0.538. The maximum atomic E-state index is 16.1. The number of carbonyl (C=O) groups is 4. The Hall–Kier alpha value is -3.70. The maximum Gasteiger partial charge on any atom is 0.328 e. The molecule has 11 nitrogen and oxygen atoms in total. The highest BCUT2D eigenvalue weighted by molar-refractivity contribution is 6.20. The van der Waals surface area contributed by atoms with Crippen molar-refractivity contribution in [1.29, 1.82) is 0 Å². The molecule has 0 aliphatic carbocycles. The molecular formula is C24H26FN5O6. The van der Waals surface area contributed by atoms with E-state index < -0.39 is 35.1 Å². The number of benzene rings is 1. The third kappa shape index (κ3) is 3.19. The number of carbonyl (C=O) groups excluding carboxylic acids is 4. The average Bonchev–Trinajstić information content (AvgIpc) is 3.41. The fraction of sp³-hybridized carbons (Fsp3) is 0.542. The lowest BCUT2D eigenvalue weighted by Crippen LogP contribution is -2.73. The topological polar surface area (TPSA) is 143 Å². The van der Waals surface area contributed by atoms with Crippen LogP contribution in [-0.2, 0) is 20.8 Å². The first-order valence-corrected chi connectivity index (χ1v) is 12.2. The number of piperidine rings is 1. The number of hydrogen-bond donors (Lipinski definition) is 3. The Morgan fingerprint density at radius 1 is 1.22 bits per heavy atom. The molecule has 0 radical (unpaired) electrons. The molecule has 12 heteroatoms. The summed E-state index contributed by atoms with van der Waals surface area (Å²) in [5.41, 5.74) is -0.973. The number of nitrogens with one attached hydrogen (secondary N) is 3. The zero-order valence-corrected chi connectivity index (χ0v) is 19.9. The second-order valence-electron chi connectivity index (χ2n) is 10.5. The number of fused-ring (bicyclic) bond motifs is 5. The smallest absolute Gasteiger partial charge is 0.328 e.